The third kappa shape index (κ3) is 2.51. The largest absolute Gasteiger partial charge is 0.299 e. The van der Waals surface area contributed by atoms with Crippen molar-refractivity contribution in [3.63, 3.8) is 0 Å². The van der Waals surface area contributed by atoms with Gasteiger partial charge in [0.15, 0.2) is 0 Å². The van der Waals surface area contributed by atoms with Crippen LogP contribution < -0.4 is 0 Å². The quantitative estimate of drug-likeness (QED) is 0.717. The predicted octanol–water partition coefficient (Wildman–Crippen LogP) is 2.21. The first kappa shape index (κ1) is 9.59. The van der Waals surface area contributed by atoms with E-state index in [9.17, 15) is 4.39 Å². The van der Waals surface area contributed by atoms with Crippen molar-refractivity contribution in [1.29, 1.82) is 0 Å². The molecule has 0 amide bonds. The molecule has 0 atom stereocenters. The number of likely N-dealkylation sites (tertiary alicyclic amines) is 1. The molecular formula is C11H15FN2. The van der Waals surface area contributed by atoms with Crippen LogP contribution in [-0.2, 0) is 6.54 Å². The van der Waals surface area contributed by atoms with Crippen molar-refractivity contribution < 1.29 is 4.39 Å². The van der Waals surface area contributed by atoms with Gasteiger partial charge in [-0.2, -0.15) is 0 Å². The van der Waals surface area contributed by atoms with Crippen molar-refractivity contribution in [2.24, 2.45) is 0 Å². The molecule has 2 heterocycles. The van der Waals surface area contributed by atoms with Crippen LogP contribution in [0.4, 0.5) is 4.39 Å². The lowest BCUT2D eigenvalue weighted by molar-refractivity contribution is 0.220. The van der Waals surface area contributed by atoms with E-state index in [4.69, 9.17) is 0 Å². The summed E-state index contributed by atoms with van der Waals surface area (Å²) in [6.07, 6.45) is 6.86. The third-order valence-electron chi connectivity index (χ3n) is 2.62. The first-order chi connectivity index (χ1) is 6.84. The van der Waals surface area contributed by atoms with Crippen LogP contribution in [-0.4, -0.2) is 23.0 Å². The molecule has 2 rings (SSSR count). The van der Waals surface area contributed by atoms with Crippen LogP contribution in [0.3, 0.4) is 0 Å². The molecule has 0 N–H and O–H groups in total. The lowest BCUT2D eigenvalue weighted by atomic mass is 10.1. The van der Waals surface area contributed by atoms with Crippen LogP contribution in [0.2, 0.25) is 0 Å². The van der Waals surface area contributed by atoms with E-state index in [1.165, 1.54) is 25.5 Å². The maximum Gasteiger partial charge on any atom is 0.141 e. The first-order valence-corrected chi connectivity index (χ1v) is 5.16. The van der Waals surface area contributed by atoms with E-state index in [1.54, 1.807) is 12.3 Å². The van der Waals surface area contributed by atoms with Gasteiger partial charge < -0.3 is 0 Å². The summed E-state index contributed by atoms with van der Waals surface area (Å²) < 4.78 is 12.8. The second-order valence-corrected chi connectivity index (χ2v) is 3.85. The smallest absolute Gasteiger partial charge is 0.141 e. The topological polar surface area (TPSA) is 16.1 Å². The summed E-state index contributed by atoms with van der Waals surface area (Å²) in [5.41, 5.74) is 0.979. The lowest BCUT2D eigenvalue weighted by Crippen LogP contribution is -2.29. The fourth-order valence-electron chi connectivity index (χ4n) is 1.92. The van der Waals surface area contributed by atoms with Gasteiger partial charge in [-0.25, -0.2) is 4.39 Å². The second-order valence-electron chi connectivity index (χ2n) is 3.85. The number of aromatic nitrogens is 1. The minimum Gasteiger partial charge on any atom is -0.299 e. The number of pyridine rings is 1. The van der Waals surface area contributed by atoms with Gasteiger partial charge in [-0.15, -0.1) is 0 Å². The highest BCUT2D eigenvalue weighted by atomic mass is 19.1. The second kappa shape index (κ2) is 4.51. The maximum absolute atomic E-state index is 12.8. The Morgan fingerprint density at radius 1 is 1.21 bits per heavy atom. The Labute approximate surface area is 83.8 Å². The number of hydrogen-bond donors (Lipinski definition) is 0. The third-order valence-corrected chi connectivity index (χ3v) is 2.62. The van der Waals surface area contributed by atoms with Crippen molar-refractivity contribution in [2.75, 3.05) is 13.1 Å². The minimum absolute atomic E-state index is 0.237. The Morgan fingerprint density at radius 3 is 2.71 bits per heavy atom. The monoisotopic (exact) mass is 194 g/mol. The van der Waals surface area contributed by atoms with Crippen LogP contribution >= 0.6 is 0 Å². The summed E-state index contributed by atoms with van der Waals surface area (Å²) in [5, 5.41) is 0. The normalized spacial score (nSPS) is 18.4. The average Bonchev–Trinajstić information content (AvgIpc) is 2.19. The van der Waals surface area contributed by atoms with Crippen molar-refractivity contribution in [3.05, 3.63) is 29.8 Å². The molecule has 2 nitrogen and oxygen atoms in total. The lowest BCUT2D eigenvalue weighted by Gasteiger charge is -2.26. The van der Waals surface area contributed by atoms with E-state index in [0.717, 1.165) is 25.2 Å². The Hall–Kier alpha value is -0.960. The van der Waals surface area contributed by atoms with Gasteiger partial charge in [-0.3, -0.25) is 9.88 Å². The summed E-state index contributed by atoms with van der Waals surface area (Å²) in [5.74, 6) is -0.237. The molecule has 0 spiro atoms. The number of piperidine rings is 1. The van der Waals surface area contributed by atoms with E-state index < -0.39 is 0 Å². The number of halogens is 1. The number of hydrogen-bond acceptors (Lipinski definition) is 2. The van der Waals surface area contributed by atoms with Gasteiger partial charge >= 0.3 is 0 Å². The predicted molar refractivity (Wildman–Crippen MR) is 53.3 cm³/mol. The Kier molecular flexibility index (Phi) is 3.09. The van der Waals surface area contributed by atoms with Gasteiger partial charge in [0.05, 0.1) is 6.20 Å². The zero-order valence-corrected chi connectivity index (χ0v) is 8.25. The molecule has 0 radical (unpaired) electrons. The van der Waals surface area contributed by atoms with Gasteiger partial charge in [-0.1, -0.05) is 6.42 Å². The van der Waals surface area contributed by atoms with Crippen molar-refractivity contribution in [1.82, 2.24) is 9.88 Å². The highest BCUT2D eigenvalue weighted by molar-refractivity contribution is 5.09. The molecule has 0 aromatic carbocycles. The number of rotatable bonds is 2. The molecule has 0 bridgehead atoms. The van der Waals surface area contributed by atoms with Gasteiger partial charge in [0.2, 0.25) is 0 Å². The van der Waals surface area contributed by atoms with Gasteiger partial charge in [0.1, 0.15) is 5.82 Å². The molecule has 0 saturated carbocycles. The zero-order chi connectivity index (χ0) is 9.80. The van der Waals surface area contributed by atoms with E-state index in [0.29, 0.717) is 0 Å². The standard InChI is InChI=1S/C11H15FN2/c12-11-6-10(7-13-8-11)9-14-4-2-1-3-5-14/h6-8H,1-5,9H2. The summed E-state index contributed by atoms with van der Waals surface area (Å²) in [7, 11) is 0. The molecule has 1 saturated heterocycles. The molecule has 76 valence electrons. The van der Waals surface area contributed by atoms with Crippen molar-refractivity contribution in [2.45, 2.75) is 25.8 Å². The van der Waals surface area contributed by atoms with E-state index in [2.05, 4.69) is 9.88 Å². The van der Waals surface area contributed by atoms with Crippen molar-refractivity contribution in [3.8, 4) is 0 Å². The van der Waals surface area contributed by atoms with Crippen LogP contribution in [0, 0.1) is 5.82 Å². The molecule has 1 aromatic heterocycles. The van der Waals surface area contributed by atoms with Gasteiger partial charge in [0, 0.05) is 12.7 Å². The molecule has 1 aliphatic rings. The highest BCUT2D eigenvalue weighted by Crippen LogP contribution is 2.12. The summed E-state index contributed by atoms with van der Waals surface area (Å²) in [6, 6.07) is 1.57. The summed E-state index contributed by atoms with van der Waals surface area (Å²) in [4.78, 5) is 6.21. The number of nitrogens with zero attached hydrogens (tertiary/aromatic N) is 2. The molecule has 1 fully saturated rings. The van der Waals surface area contributed by atoms with Crippen LogP contribution in [0.15, 0.2) is 18.5 Å². The Morgan fingerprint density at radius 2 is 2.00 bits per heavy atom. The van der Waals surface area contributed by atoms with E-state index >= 15 is 0 Å². The summed E-state index contributed by atoms with van der Waals surface area (Å²) >= 11 is 0. The van der Waals surface area contributed by atoms with Gasteiger partial charge in [-0.05, 0) is 37.6 Å². The first-order valence-electron chi connectivity index (χ1n) is 5.16. The molecule has 0 aliphatic carbocycles. The highest BCUT2D eigenvalue weighted by Gasteiger charge is 2.10. The molecule has 0 unspecified atom stereocenters. The van der Waals surface area contributed by atoms with Crippen LogP contribution in [0.5, 0.6) is 0 Å². The van der Waals surface area contributed by atoms with Gasteiger partial charge in [0.25, 0.3) is 0 Å². The minimum atomic E-state index is -0.237. The van der Waals surface area contributed by atoms with E-state index in [-0.39, 0.29) is 5.82 Å². The molecule has 1 aliphatic heterocycles. The summed E-state index contributed by atoms with van der Waals surface area (Å²) in [6.45, 7) is 3.11. The Bertz CT molecular complexity index is 295. The van der Waals surface area contributed by atoms with Crippen LogP contribution in [0.1, 0.15) is 24.8 Å². The Balaban J connectivity index is 1.95. The molecular weight excluding hydrogens is 179 g/mol. The maximum atomic E-state index is 12.8. The average molecular weight is 194 g/mol. The zero-order valence-electron chi connectivity index (χ0n) is 8.25. The fraction of sp³-hybridized carbons (Fsp3) is 0.545. The molecule has 1 aromatic rings. The van der Waals surface area contributed by atoms with Crippen molar-refractivity contribution >= 4 is 0 Å². The van der Waals surface area contributed by atoms with Crippen LogP contribution in [0.25, 0.3) is 0 Å². The molecule has 3 heteroatoms. The fourth-order valence-corrected chi connectivity index (χ4v) is 1.92. The molecule has 14 heavy (non-hydrogen) atoms. The van der Waals surface area contributed by atoms with E-state index in [1.807, 2.05) is 0 Å². The SMILES string of the molecule is Fc1cncc(CN2CCCCC2)c1.